The summed E-state index contributed by atoms with van der Waals surface area (Å²) >= 11 is 5.97. The molecule has 102 valence electrons. The third kappa shape index (κ3) is 4.16. The van der Waals surface area contributed by atoms with Gasteiger partial charge >= 0.3 is 0 Å². The first-order chi connectivity index (χ1) is 8.60. The van der Waals surface area contributed by atoms with Gasteiger partial charge < -0.3 is 10.6 Å². The Morgan fingerprint density at radius 1 is 1.33 bits per heavy atom. The molecule has 1 aliphatic heterocycles. The van der Waals surface area contributed by atoms with E-state index in [1.807, 2.05) is 13.0 Å². The largest absolute Gasteiger partial charge is 0.369 e. The molecule has 3 nitrogen and oxygen atoms in total. The second-order valence-corrected chi connectivity index (χ2v) is 5.05. The maximum Gasteiger partial charge on any atom is 0.0405 e. The Bertz CT molecular complexity index is 328. The molecule has 4 heteroatoms. The van der Waals surface area contributed by atoms with Crippen LogP contribution in [0.25, 0.3) is 0 Å². The Kier molecular flexibility index (Phi) is 6.47. The van der Waals surface area contributed by atoms with Crippen LogP contribution in [0.2, 0.25) is 0 Å². The molecule has 1 saturated heterocycles. The second kappa shape index (κ2) is 7.62. The molecule has 0 aliphatic carbocycles. The van der Waals surface area contributed by atoms with Gasteiger partial charge in [-0.15, -0.1) is 0 Å². The predicted octanol–water partition coefficient (Wildman–Crippen LogP) is 2.17. The van der Waals surface area contributed by atoms with Crippen LogP contribution in [-0.4, -0.2) is 49.1 Å². The van der Waals surface area contributed by atoms with E-state index in [0.717, 1.165) is 57.0 Å². The lowest BCUT2D eigenvalue weighted by atomic mass is 10.1. The Morgan fingerprint density at radius 3 is 2.39 bits per heavy atom. The van der Waals surface area contributed by atoms with Crippen LogP contribution in [0, 0.1) is 0 Å². The van der Waals surface area contributed by atoms with Crippen molar-refractivity contribution >= 4 is 11.6 Å². The smallest absolute Gasteiger partial charge is 0.0405 e. The second-order valence-electron chi connectivity index (χ2n) is 4.59. The number of rotatable bonds is 6. The van der Waals surface area contributed by atoms with Crippen LogP contribution in [0.1, 0.15) is 13.3 Å². The van der Waals surface area contributed by atoms with Crippen molar-refractivity contribution in [3.8, 4) is 0 Å². The number of hydrogen-bond acceptors (Lipinski definition) is 3. The molecular weight excluding hydrogens is 246 g/mol. The zero-order valence-electron chi connectivity index (χ0n) is 11.3. The Morgan fingerprint density at radius 2 is 1.94 bits per heavy atom. The molecule has 0 unspecified atom stereocenters. The minimum atomic E-state index is 0.593. The molecule has 1 aliphatic rings. The maximum atomic E-state index is 5.97. The Balaban J connectivity index is 2.58. The third-order valence-corrected chi connectivity index (χ3v) is 3.66. The van der Waals surface area contributed by atoms with E-state index in [-0.39, 0.29) is 0 Å². The topological polar surface area (TPSA) is 32.5 Å². The van der Waals surface area contributed by atoms with Gasteiger partial charge in [0.05, 0.1) is 0 Å². The quantitative estimate of drug-likeness (QED) is 0.750. The summed E-state index contributed by atoms with van der Waals surface area (Å²) in [5.74, 6) is 0. The molecule has 0 aromatic rings. The fourth-order valence-corrected chi connectivity index (χ4v) is 2.28. The number of allylic oxidation sites excluding steroid dienone is 3. The molecule has 0 aromatic heterocycles. The van der Waals surface area contributed by atoms with Crippen molar-refractivity contribution in [1.82, 2.24) is 9.80 Å². The van der Waals surface area contributed by atoms with Gasteiger partial charge in [0.25, 0.3) is 0 Å². The summed E-state index contributed by atoms with van der Waals surface area (Å²) in [4.78, 5) is 4.78. The van der Waals surface area contributed by atoms with Gasteiger partial charge in [0.2, 0.25) is 0 Å². The standard InChI is InChI=1S/C14H24ClN3/c1-4-14(12(2)13(3)15)18-10-8-17(9-11-18)7-5-6-16/h4H,1,3,5-11,16H2,2H3/b14-12+. The van der Waals surface area contributed by atoms with Crippen molar-refractivity contribution in [2.24, 2.45) is 5.73 Å². The third-order valence-electron chi connectivity index (χ3n) is 3.38. The van der Waals surface area contributed by atoms with Crippen LogP contribution in [0.3, 0.4) is 0 Å². The predicted molar refractivity (Wildman–Crippen MR) is 79.6 cm³/mol. The highest BCUT2D eigenvalue weighted by Gasteiger charge is 2.18. The van der Waals surface area contributed by atoms with Crippen molar-refractivity contribution < 1.29 is 0 Å². The van der Waals surface area contributed by atoms with E-state index < -0.39 is 0 Å². The molecule has 0 aromatic carbocycles. The fraction of sp³-hybridized carbons (Fsp3) is 0.571. The minimum Gasteiger partial charge on any atom is -0.369 e. The summed E-state index contributed by atoms with van der Waals surface area (Å²) < 4.78 is 0. The maximum absolute atomic E-state index is 5.97. The van der Waals surface area contributed by atoms with Crippen molar-refractivity contribution in [2.45, 2.75) is 13.3 Å². The van der Waals surface area contributed by atoms with Gasteiger partial charge in [-0.1, -0.05) is 24.8 Å². The lowest BCUT2D eigenvalue weighted by molar-refractivity contribution is 0.160. The van der Waals surface area contributed by atoms with Crippen LogP contribution in [-0.2, 0) is 0 Å². The molecule has 0 spiro atoms. The van der Waals surface area contributed by atoms with Gasteiger partial charge in [-0.2, -0.15) is 0 Å². The van der Waals surface area contributed by atoms with Crippen molar-refractivity contribution in [1.29, 1.82) is 0 Å². The van der Waals surface area contributed by atoms with Gasteiger partial charge in [-0.25, -0.2) is 0 Å². The van der Waals surface area contributed by atoms with Crippen LogP contribution in [0.5, 0.6) is 0 Å². The highest BCUT2D eigenvalue weighted by molar-refractivity contribution is 6.31. The van der Waals surface area contributed by atoms with E-state index in [1.54, 1.807) is 0 Å². The van der Waals surface area contributed by atoms with Crippen molar-refractivity contribution in [2.75, 3.05) is 39.3 Å². The van der Waals surface area contributed by atoms with E-state index in [2.05, 4.69) is 23.0 Å². The van der Waals surface area contributed by atoms with Crippen LogP contribution >= 0.6 is 11.6 Å². The highest BCUT2D eigenvalue weighted by atomic mass is 35.5. The van der Waals surface area contributed by atoms with Crippen LogP contribution in [0.4, 0.5) is 0 Å². The summed E-state index contributed by atoms with van der Waals surface area (Å²) in [5, 5.41) is 0.593. The minimum absolute atomic E-state index is 0.593. The van der Waals surface area contributed by atoms with Gasteiger partial charge in [0, 0.05) is 36.9 Å². The number of hydrogen-bond donors (Lipinski definition) is 1. The van der Waals surface area contributed by atoms with Crippen molar-refractivity contribution in [3.05, 3.63) is 35.5 Å². The summed E-state index contributed by atoms with van der Waals surface area (Å²) in [6.45, 7) is 15.7. The molecule has 0 atom stereocenters. The normalized spacial score (nSPS) is 18.5. The molecule has 1 heterocycles. The van der Waals surface area contributed by atoms with E-state index in [0.29, 0.717) is 5.03 Å². The SMILES string of the molecule is C=C/C(=C(/C)C(=C)Cl)N1CCN(CCCN)CC1. The van der Waals surface area contributed by atoms with Crippen LogP contribution < -0.4 is 5.73 Å². The van der Waals surface area contributed by atoms with Gasteiger partial charge in [-0.3, -0.25) is 4.90 Å². The number of halogens is 1. The lowest BCUT2D eigenvalue weighted by Crippen LogP contribution is -2.46. The Hall–Kier alpha value is -0.770. The lowest BCUT2D eigenvalue weighted by Gasteiger charge is -2.37. The summed E-state index contributed by atoms with van der Waals surface area (Å²) in [6, 6.07) is 0. The molecule has 1 fully saturated rings. The summed E-state index contributed by atoms with van der Waals surface area (Å²) in [7, 11) is 0. The van der Waals surface area contributed by atoms with Gasteiger partial charge in [0.15, 0.2) is 0 Å². The average molecular weight is 270 g/mol. The van der Waals surface area contributed by atoms with Gasteiger partial charge in [0.1, 0.15) is 0 Å². The summed E-state index contributed by atoms with van der Waals surface area (Å²) in [6.07, 6.45) is 2.94. The molecule has 2 N–H and O–H groups in total. The fourth-order valence-electron chi connectivity index (χ4n) is 2.19. The average Bonchev–Trinajstić information content (AvgIpc) is 2.38. The first kappa shape index (κ1) is 15.3. The van der Waals surface area contributed by atoms with Crippen LogP contribution in [0.15, 0.2) is 35.5 Å². The van der Waals surface area contributed by atoms with E-state index in [4.69, 9.17) is 17.3 Å². The highest BCUT2D eigenvalue weighted by Crippen LogP contribution is 2.21. The number of nitrogens with zero attached hydrogens (tertiary/aromatic N) is 2. The zero-order chi connectivity index (χ0) is 13.5. The van der Waals surface area contributed by atoms with E-state index in [1.165, 1.54) is 0 Å². The molecule has 18 heavy (non-hydrogen) atoms. The Labute approximate surface area is 116 Å². The summed E-state index contributed by atoms with van der Waals surface area (Å²) in [5.41, 5.74) is 7.65. The van der Waals surface area contributed by atoms with E-state index in [9.17, 15) is 0 Å². The van der Waals surface area contributed by atoms with Gasteiger partial charge in [-0.05, 0) is 38.1 Å². The molecule has 0 radical (unpaired) electrons. The molecule has 0 bridgehead atoms. The van der Waals surface area contributed by atoms with E-state index >= 15 is 0 Å². The molecule has 1 rings (SSSR count). The monoisotopic (exact) mass is 269 g/mol. The molecular formula is C14H24ClN3. The number of nitrogens with two attached hydrogens (primary N) is 1. The first-order valence-corrected chi connectivity index (χ1v) is 6.83. The first-order valence-electron chi connectivity index (χ1n) is 6.45. The molecule has 0 saturated carbocycles. The number of piperazine rings is 1. The zero-order valence-corrected chi connectivity index (χ0v) is 12.0. The van der Waals surface area contributed by atoms with Crippen molar-refractivity contribution in [3.63, 3.8) is 0 Å². The molecule has 0 amide bonds.